The number of pyridine rings is 1. The lowest BCUT2D eigenvalue weighted by Crippen LogP contribution is -2.39. The highest BCUT2D eigenvalue weighted by Gasteiger charge is 2.24. The monoisotopic (exact) mass is 331 g/mol. The van der Waals surface area contributed by atoms with E-state index in [1.54, 1.807) is 29.5 Å². The lowest BCUT2D eigenvalue weighted by Gasteiger charge is -2.25. The zero-order chi connectivity index (χ0) is 16.8. The van der Waals surface area contributed by atoms with Crippen LogP contribution in [0.5, 0.6) is 5.88 Å². The first-order valence-corrected chi connectivity index (χ1v) is 7.95. The molecule has 7 heteroatoms. The summed E-state index contributed by atoms with van der Waals surface area (Å²) in [6.45, 7) is 1.63. The summed E-state index contributed by atoms with van der Waals surface area (Å²) in [7, 11) is 1.52. The molecule has 1 aliphatic rings. The minimum absolute atomic E-state index is 0.0570. The number of methoxy groups -OCH3 is 1. The minimum Gasteiger partial charge on any atom is -0.480 e. The van der Waals surface area contributed by atoms with E-state index in [1.165, 1.54) is 7.11 Å². The van der Waals surface area contributed by atoms with Crippen molar-refractivity contribution in [2.45, 2.75) is 25.5 Å². The van der Waals surface area contributed by atoms with Gasteiger partial charge >= 0.3 is 6.03 Å². The van der Waals surface area contributed by atoms with Gasteiger partial charge in [-0.1, -0.05) is 0 Å². The van der Waals surface area contributed by atoms with Crippen molar-refractivity contribution in [3.8, 4) is 5.88 Å². The maximum Gasteiger partial charge on any atom is 0.322 e. The number of ether oxygens (including phenoxy) is 2. The first-order valence-electron chi connectivity index (χ1n) is 7.95. The van der Waals surface area contributed by atoms with Crippen LogP contribution in [0.3, 0.4) is 0 Å². The molecule has 0 radical (unpaired) electrons. The molecule has 2 aromatic rings. The van der Waals surface area contributed by atoms with Crippen LogP contribution in [0.25, 0.3) is 0 Å². The summed E-state index contributed by atoms with van der Waals surface area (Å²) in [5.41, 5.74) is 0.529. The number of furan rings is 1. The van der Waals surface area contributed by atoms with E-state index in [0.717, 1.165) is 25.2 Å². The van der Waals surface area contributed by atoms with Gasteiger partial charge in [0.1, 0.15) is 11.4 Å². The summed E-state index contributed by atoms with van der Waals surface area (Å²) in [6, 6.07) is 6.91. The fourth-order valence-corrected chi connectivity index (χ4v) is 2.69. The Morgan fingerprint density at radius 2 is 2.38 bits per heavy atom. The van der Waals surface area contributed by atoms with Crippen LogP contribution in [0.15, 0.2) is 41.1 Å². The largest absolute Gasteiger partial charge is 0.480 e. The quantitative estimate of drug-likeness (QED) is 0.881. The Morgan fingerprint density at radius 3 is 3.08 bits per heavy atom. The fraction of sp³-hybridized carbons (Fsp3) is 0.412. The number of hydrogen-bond donors (Lipinski definition) is 1. The zero-order valence-corrected chi connectivity index (χ0v) is 13.6. The molecular formula is C17H21N3O4. The molecule has 128 valence electrons. The third-order valence-corrected chi connectivity index (χ3v) is 3.87. The smallest absolute Gasteiger partial charge is 0.322 e. The molecule has 0 aromatic carbocycles. The molecule has 1 N–H and O–H groups in total. The predicted octanol–water partition coefficient (Wildman–Crippen LogP) is 2.90. The molecular weight excluding hydrogens is 310 g/mol. The summed E-state index contributed by atoms with van der Waals surface area (Å²) in [6.07, 6.45) is 5.25. The number of urea groups is 1. The molecule has 0 aliphatic carbocycles. The molecule has 1 aliphatic heterocycles. The first kappa shape index (κ1) is 16.3. The molecule has 0 bridgehead atoms. The van der Waals surface area contributed by atoms with Gasteiger partial charge in [-0.25, -0.2) is 9.78 Å². The number of carbonyl (C=O) groups is 1. The topological polar surface area (TPSA) is 76.8 Å². The van der Waals surface area contributed by atoms with Gasteiger partial charge in [0.05, 0.1) is 26.0 Å². The molecule has 1 atom stereocenters. The third kappa shape index (κ3) is 4.05. The van der Waals surface area contributed by atoms with Gasteiger partial charge in [-0.3, -0.25) is 0 Å². The van der Waals surface area contributed by atoms with Crippen LogP contribution in [0.4, 0.5) is 10.5 Å². The second-order valence-corrected chi connectivity index (χ2v) is 5.59. The minimum atomic E-state index is -0.242. The molecule has 1 fully saturated rings. The molecule has 2 aromatic heterocycles. The average Bonchev–Trinajstić information content (AvgIpc) is 3.28. The molecule has 2 amide bonds. The van der Waals surface area contributed by atoms with Crippen LogP contribution in [-0.2, 0) is 11.3 Å². The van der Waals surface area contributed by atoms with E-state index in [-0.39, 0.29) is 12.1 Å². The van der Waals surface area contributed by atoms with Gasteiger partial charge < -0.3 is 24.1 Å². The van der Waals surface area contributed by atoms with Crippen LogP contribution < -0.4 is 10.1 Å². The highest BCUT2D eigenvalue weighted by molar-refractivity contribution is 5.90. The van der Waals surface area contributed by atoms with Gasteiger partial charge in [-0.15, -0.1) is 0 Å². The standard InChI is InChI=1S/C17H21N3O4/c1-22-16-15(7-2-8-18-16)19-17(21)20(11-13-5-3-9-23-13)12-14-6-4-10-24-14/h2-3,5,7-9,14H,4,6,10-12H2,1H3,(H,19,21)/t14-/m0/s1. The van der Waals surface area contributed by atoms with E-state index in [9.17, 15) is 4.79 Å². The maximum atomic E-state index is 12.7. The second-order valence-electron chi connectivity index (χ2n) is 5.59. The van der Waals surface area contributed by atoms with Crippen molar-refractivity contribution in [1.82, 2.24) is 9.88 Å². The Hall–Kier alpha value is -2.54. The fourth-order valence-electron chi connectivity index (χ4n) is 2.69. The Balaban J connectivity index is 1.71. The van der Waals surface area contributed by atoms with Crippen molar-refractivity contribution in [2.24, 2.45) is 0 Å². The van der Waals surface area contributed by atoms with Crippen molar-refractivity contribution in [2.75, 3.05) is 25.6 Å². The highest BCUT2D eigenvalue weighted by atomic mass is 16.5. The van der Waals surface area contributed by atoms with E-state index in [1.807, 2.05) is 12.1 Å². The SMILES string of the molecule is COc1ncccc1NC(=O)N(Cc1ccco1)C[C@@H]1CCCO1. The van der Waals surface area contributed by atoms with Crippen LogP contribution in [-0.4, -0.2) is 42.3 Å². The summed E-state index contributed by atoms with van der Waals surface area (Å²) in [5.74, 6) is 1.10. The van der Waals surface area contributed by atoms with Crippen molar-refractivity contribution < 1.29 is 18.7 Å². The molecule has 3 heterocycles. The number of hydrogen-bond acceptors (Lipinski definition) is 5. The summed E-state index contributed by atoms with van der Waals surface area (Å²) in [4.78, 5) is 18.5. The van der Waals surface area contributed by atoms with Crippen molar-refractivity contribution in [1.29, 1.82) is 0 Å². The van der Waals surface area contributed by atoms with E-state index in [0.29, 0.717) is 24.7 Å². The number of rotatable bonds is 6. The molecule has 3 rings (SSSR count). The van der Waals surface area contributed by atoms with E-state index in [2.05, 4.69) is 10.3 Å². The predicted molar refractivity (Wildman–Crippen MR) is 87.9 cm³/mol. The van der Waals surface area contributed by atoms with Crippen LogP contribution >= 0.6 is 0 Å². The number of nitrogens with zero attached hydrogens (tertiary/aromatic N) is 2. The molecule has 0 unspecified atom stereocenters. The summed E-state index contributed by atoms with van der Waals surface area (Å²) < 4.78 is 16.2. The molecule has 7 nitrogen and oxygen atoms in total. The Kier molecular flexibility index (Phi) is 5.32. The first-order chi connectivity index (χ1) is 11.8. The number of carbonyl (C=O) groups excluding carboxylic acids is 1. The number of nitrogens with one attached hydrogen (secondary N) is 1. The highest BCUT2D eigenvalue weighted by Crippen LogP contribution is 2.21. The molecule has 1 saturated heterocycles. The zero-order valence-electron chi connectivity index (χ0n) is 13.6. The van der Waals surface area contributed by atoms with E-state index in [4.69, 9.17) is 13.9 Å². The summed E-state index contributed by atoms with van der Waals surface area (Å²) in [5, 5.41) is 2.85. The van der Waals surface area contributed by atoms with Crippen LogP contribution in [0.2, 0.25) is 0 Å². The maximum absolute atomic E-state index is 12.7. The Morgan fingerprint density at radius 1 is 1.46 bits per heavy atom. The second kappa shape index (κ2) is 7.83. The lowest BCUT2D eigenvalue weighted by atomic mass is 10.2. The van der Waals surface area contributed by atoms with Gasteiger partial charge in [-0.05, 0) is 37.1 Å². The molecule has 0 spiro atoms. The Labute approximate surface area is 140 Å². The number of anilines is 1. The van der Waals surface area contributed by atoms with Gasteiger partial charge in [0.25, 0.3) is 0 Å². The normalized spacial score (nSPS) is 16.8. The van der Waals surface area contributed by atoms with Gasteiger partial charge in [0.2, 0.25) is 5.88 Å². The van der Waals surface area contributed by atoms with Gasteiger partial charge in [0.15, 0.2) is 0 Å². The van der Waals surface area contributed by atoms with Crippen molar-refractivity contribution >= 4 is 11.7 Å². The van der Waals surface area contributed by atoms with Gasteiger partial charge in [-0.2, -0.15) is 0 Å². The lowest BCUT2D eigenvalue weighted by molar-refractivity contribution is 0.0803. The van der Waals surface area contributed by atoms with Crippen molar-refractivity contribution in [3.05, 3.63) is 42.5 Å². The van der Waals surface area contributed by atoms with E-state index < -0.39 is 0 Å². The Bertz CT molecular complexity index is 654. The number of amides is 2. The van der Waals surface area contributed by atoms with Crippen molar-refractivity contribution in [3.63, 3.8) is 0 Å². The van der Waals surface area contributed by atoms with Crippen LogP contribution in [0.1, 0.15) is 18.6 Å². The number of aromatic nitrogens is 1. The molecule has 0 saturated carbocycles. The van der Waals surface area contributed by atoms with E-state index >= 15 is 0 Å². The summed E-state index contributed by atoms with van der Waals surface area (Å²) >= 11 is 0. The van der Waals surface area contributed by atoms with Gasteiger partial charge in [0, 0.05) is 19.3 Å². The third-order valence-electron chi connectivity index (χ3n) is 3.87. The average molecular weight is 331 g/mol. The molecule has 24 heavy (non-hydrogen) atoms. The van der Waals surface area contributed by atoms with Crippen LogP contribution in [0, 0.1) is 0 Å².